The Labute approximate surface area is 157 Å². The zero-order valence-electron chi connectivity index (χ0n) is 14.4. The van der Waals surface area contributed by atoms with Crippen molar-refractivity contribution in [1.29, 1.82) is 0 Å². The number of carboxylic acids is 1. The number of benzene rings is 1. The molecule has 1 fully saturated rings. The Morgan fingerprint density at radius 3 is 2.80 bits per heavy atom. The van der Waals surface area contributed by atoms with Crippen LogP contribution in [0.1, 0.15) is 42.6 Å². The number of carboxylic acid groups (broad SMARTS) is 1. The second-order valence-corrected chi connectivity index (χ2v) is 7.40. The van der Waals surface area contributed by atoms with E-state index in [9.17, 15) is 9.90 Å². The lowest BCUT2D eigenvalue weighted by atomic mass is 9.93. The second kappa shape index (κ2) is 8.11. The predicted molar refractivity (Wildman–Crippen MR) is 102 cm³/mol. The topological polar surface area (TPSA) is 53.4 Å². The molecule has 2 heterocycles. The molecule has 1 aliphatic rings. The highest BCUT2D eigenvalue weighted by Crippen LogP contribution is 2.35. The summed E-state index contributed by atoms with van der Waals surface area (Å²) in [5.74, 6) is -1.02. The van der Waals surface area contributed by atoms with E-state index in [0.29, 0.717) is 6.54 Å². The van der Waals surface area contributed by atoms with Crippen LogP contribution in [0.4, 0.5) is 0 Å². The maximum absolute atomic E-state index is 11.5. The Morgan fingerprint density at radius 1 is 1.36 bits per heavy atom. The van der Waals surface area contributed by atoms with Gasteiger partial charge >= 0.3 is 5.97 Å². The molecule has 1 aliphatic heterocycles. The third-order valence-corrected chi connectivity index (χ3v) is 5.63. The first-order chi connectivity index (χ1) is 12.1. The molecule has 2 atom stereocenters. The Hall–Kier alpha value is -1.72. The van der Waals surface area contributed by atoms with Gasteiger partial charge in [0.2, 0.25) is 0 Å². The van der Waals surface area contributed by atoms with Crippen LogP contribution < -0.4 is 0 Å². The highest BCUT2D eigenvalue weighted by molar-refractivity contribution is 9.10. The van der Waals surface area contributed by atoms with E-state index in [1.165, 1.54) is 5.56 Å². The lowest BCUT2D eigenvalue weighted by molar-refractivity contribution is -0.143. The van der Waals surface area contributed by atoms with Gasteiger partial charge in [-0.2, -0.15) is 0 Å². The van der Waals surface area contributed by atoms with Crippen molar-refractivity contribution >= 4 is 21.9 Å². The summed E-state index contributed by atoms with van der Waals surface area (Å²) in [6.07, 6.45) is 4.53. The fraction of sp³-hybridized carbons (Fsp3) is 0.400. The number of hydrogen-bond donors (Lipinski definition) is 1. The number of nitrogens with zero attached hydrogens (tertiary/aromatic N) is 2. The van der Waals surface area contributed by atoms with Crippen LogP contribution in [0.2, 0.25) is 0 Å². The van der Waals surface area contributed by atoms with Crippen LogP contribution in [0.25, 0.3) is 0 Å². The average Bonchev–Trinajstić information content (AvgIpc) is 2.64. The molecular weight excluding hydrogens is 380 g/mol. The fourth-order valence-electron chi connectivity index (χ4n) is 3.49. The van der Waals surface area contributed by atoms with Crippen molar-refractivity contribution < 1.29 is 9.90 Å². The third-order valence-electron chi connectivity index (χ3n) is 4.90. The number of aromatic nitrogens is 1. The van der Waals surface area contributed by atoms with Crippen molar-refractivity contribution in [3.05, 3.63) is 63.9 Å². The standard InChI is InChI=1S/C20H23BrN2O2/c1-2-14-9-10-18(22-12-14)19(16-7-3-4-8-17(16)21)23-11-5-6-15(13-23)20(24)25/h3-4,7-10,12,15,19H,2,5-6,11,13H2,1H3,(H,24,25). The summed E-state index contributed by atoms with van der Waals surface area (Å²) in [7, 11) is 0. The Bertz CT molecular complexity index is 733. The van der Waals surface area contributed by atoms with Crippen LogP contribution >= 0.6 is 15.9 Å². The smallest absolute Gasteiger partial charge is 0.307 e. The molecule has 1 saturated heterocycles. The zero-order chi connectivity index (χ0) is 17.8. The van der Waals surface area contributed by atoms with Gasteiger partial charge in [-0.25, -0.2) is 0 Å². The van der Waals surface area contributed by atoms with E-state index in [0.717, 1.165) is 41.5 Å². The van der Waals surface area contributed by atoms with Gasteiger partial charge in [-0.1, -0.05) is 47.1 Å². The summed E-state index contributed by atoms with van der Waals surface area (Å²) in [5.41, 5.74) is 3.30. The predicted octanol–water partition coefficient (Wildman–Crippen LogP) is 4.29. The Kier molecular flexibility index (Phi) is 5.86. The SMILES string of the molecule is CCc1ccc(C(c2ccccc2Br)N2CCCC(C(=O)O)C2)nc1. The molecule has 1 N–H and O–H groups in total. The maximum Gasteiger partial charge on any atom is 0.307 e. The Morgan fingerprint density at radius 2 is 2.16 bits per heavy atom. The Balaban J connectivity index is 1.99. The van der Waals surface area contributed by atoms with E-state index >= 15 is 0 Å². The molecule has 2 aromatic rings. The number of piperidine rings is 1. The van der Waals surface area contributed by atoms with Crippen molar-refractivity contribution in [2.75, 3.05) is 13.1 Å². The molecule has 0 spiro atoms. The van der Waals surface area contributed by atoms with Gasteiger partial charge in [0.15, 0.2) is 0 Å². The number of pyridine rings is 1. The van der Waals surface area contributed by atoms with Crippen molar-refractivity contribution in [3.63, 3.8) is 0 Å². The normalized spacial score (nSPS) is 19.5. The van der Waals surface area contributed by atoms with Crippen molar-refractivity contribution in [2.24, 2.45) is 5.92 Å². The molecule has 1 aromatic carbocycles. The molecule has 25 heavy (non-hydrogen) atoms. The van der Waals surface area contributed by atoms with Crippen molar-refractivity contribution in [1.82, 2.24) is 9.88 Å². The van der Waals surface area contributed by atoms with Gasteiger partial charge in [-0.05, 0) is 49.1 Å². The molecule has 1 aromatic heterocycles. The van der Waals surface area contributed by atoms with Crippen LogP contribution in [0, 0.1) is 5.92 Å². The van der Waals surface area contributed by atoms with Crippen LogP contribution in [-0.2, 0) is 11.2 Å². The quantitative estimate of drug-likeness (QED) is 0.809. The van der Waals surface area contributed by atoms with E-state index in [4.69, 9.17) is 4.98 Å². The summed E-state index contributed by atoms with van der Waals surface area (Å²) in [6.45, 7) is 3.55. The van der Waals surface area contributed by atoms with Gasteiger partial charge in [-0.15, -0.1) is 0 Å². The zero-order valence-corrected chi connectivity index (χ0v) is 15.9. The molecule has 0 radical (unpaired) electrons. The fourth-order valence-corrected chi connectivity index (χ4v) is 3.99. The average molecular weight is 403 g/mol. The lowest BCUT2D eigenvalue weighted by Gasteiger charge is -2.37. The molecule has 132 valence electrons. The summed E-state index contributed by atoms with van der Waals surface area (Å²) >= 11 is 3.66. The van der Waals surface area contributed by atoms with Crippen molar-refractivity contribution in [3.8, 4) is 0 Å². The molecular formula is C20H23BrN2O2. The first-order valence-electron chi connectivity index (χ1n) is 8.76. The number of aryl methyl sites for hydroxylation is 1. The molecule has 5 heteroatoms. The minimum Gasteiger partial charge on any atom is -0.481 e. The first-order valence-corrected chi connectivity index (χ1v) is 9.55. The highest BCUT2D eigenvalue weighted by atomic mass is 79.9. The van der Waals surface area contributed by atoms with Crippen LogP contribution in [-0.4, -0.2) is 34.0 Å². The maximum atomic E-state index is 11.5. The number of aliphatic carboxylic acids is 1. The van der Waals surface area contributed by atoms with Crippen molar-refractivity contribution in [2.45, 2.75) is 32.2 Å². The van der Waals surface area contributed by atoms with E-state index in [1.54, 1.807) is 0 Å². The molecule has 0 aliphatic carbocycles. The van der Waals surface area contributed by atoms with E-state index < -0.39 is 5.97 Å². The molecule has 2 unspecified atom stereocenters. The van der Waals surface area contributed by atoms with Gasteiger partial charge in [0.05, 0.1) is 17.7 Å². The minimum absolute atomic E-state index is 0.0383. The molecule has 0 amide bonds. The van der Waals surface area contributed by atoms with Gasteiger partial charge in [0.25, 0.3) is 0 Å². The van der Waals surface area contributed by atoms with E-state index in [2.05, 4.69) is 46.0 Å². The van der Waals surface area contributed by atoms with E-state index in [1.807, 2.05) is 24.4 Å². The van der Waals surface area contributed by atoms with Gasteiger partial charge < -0.3 is 5.11 Å². The lowest BCUT2D eigenvalue weighted by Crippen LogP contribution is -2.41. The molecule has 0 saturated carbocycles. The largest absolute Gasteiger partial charge is 0.481 e. The van der Waals surface area contributed by atoms with Gasteiger partial charge in [0.1, 0.15) is 0 Å². The third kappa shape index (κ3) is 4.10. The van der Waals surface area contributed by atoms with Crippen LogP contribution in [0.3, 0.4) is 0 Å². The van der Waals surface area contributed by atoms with E-state index in [-0.39, 0.29) is 12.0 Å². The number of rotatable bonds is 5. The number of hydrogen-bond acceptors (Lipinski definition) is 3. The summed E-state index contributed by atoms with van der Waals surface area (Å²) in [4.78, 5) is 18.5. The summed E-state index contributed by atoms with van der Waals surface area (Å²) < 4.78 is 1.03. The minimum atomic E-state index is -0.704. The molecule has 0 bridgehead atoms. The van der Waals surface area contributed by atoms with Gasteiger partial charge in [-0.3, -0.25) is 14.7 Å². The summed E-state index contributed by atoms with van der Waals surface area (Å²) in [5, 5.41) is 9.45. The number of halogens is 1. The van der Waals surface area contributed by atoms with Gasteiger partial charge in [0, 0.05) is 17.2 Å². The first kappa shape index (κ1) is 18.1. The second-order valence-electron chi connectivity index (χ2n) is 6.54. The summed E-state index contributed by atoms with van der Waals surface area (Å²) in [6, 6.07) is 12.3. The number of likely N-dealkylation sites (tertiary alicyclic amines) is 1. The van der Waals surface area contributed by atoms with Crippen LogP contribution in [0.5, 0.6) is 0 Å². The highest BCUT2D eigenvalue weighted by Gasteiger charge is 2.32. The number of carbonyl (C=O) groups is 1. The van der Waals surface area contributed by atoms with Crippen LogP contribution in [0.15, 0.2) is 47.1 Å². The molecule has 4 nitrogen and oxygen atoms in total. The monoisotopic (exact) mass is 402 g/mol. The molecule has 3 rings (SSSR count).